The van der Waals surface area contributed by atoms with Crippen LogP contribution in [0.15, 0.2) is 6.20 Å². The number of aromatic amines is 1. The lowest BCUT2D eigenvalue weighted by atomic mass is 9.95. The second-order valence-electron chi connectivity index (χ2n) is 8.33. The van der Waals surface area contributed by atoms with Crippen molar-refractivity contribution in [3.8, 4) is 0 Å². The van der Waals surface area contributed by atoms with E-state index in [1.165, 1.54) is 0 Å². The topological polar surface area (TPSA) is 98.4 Å². The normalized spacial score (nSPS) is 25.8. The third-order valence-electron chi connectivity index (χ3n) is 6.41. The van der Waals surface area contributed by atoms with E-state index in [2.05, 4.69) is 15.5 Å². The Kier molecular flexibility index (Phi) is 6.03. The fraction of sp³-hybridized carbons (Fsp3) is 0.789. The summed E-state index contributed by atoms with van der Waals surface area (Å²) >= 11 is 0. The van der Waals surface area contributed by atoms with E-state index in [1.807, 2.05) is 0 Å². The van der Waals surface area contributed by atoms with E-state index in [9.17, 15) is 13.2 Å². The highest BCUT2D eigenvalue weighted by atomic mass is 32.2. The third kappa shape index (κ3) is 4.11. The standard InChI is InChI=1S/C19H31N5O3S/c25-19(15-7-2-3-8-15)21-17-13-20-22-18(17)16-9-6-12-24(14-16)28(26,27)23-10-4-1-5-11-23/h13,15-16H,1-12,14H2,(H,20,22)(H,21,25)/t16-/m0/s1. The maximum atomic E-state index is 13.0. The number of rotatable bonds is 5. The van der Waals surface area contributed by atoms with E-state index in [4.69, 9.17) is 0 Å². The summed E-state index contributed by atoms with van der Waals surface area (Å²) in [5.74, 6) is 0.175. The Labute approximate surface area is 167 Å². The van der Waals surface area contributed by atoms with Gasteiger partial charge in [-0.25, -0.2) is 0 Å². The highest BCUT2D eigenvalue weighted by Gasteiger charge is 2.36. The predicted molar refractivity (Wildman–Crippen MR) is 107 cm³/mol. The van der Waals surface area contributed by atoms with Crippen molar-refractivity contribution in [2.45, 2.75) is 63.7 Å². The fourth-order valence-corrected chi connectivity index (χ4v) is 6.55. The lowest BCUT2D eigenvalue weighted by molar-refractivity contribution is -0.119. The highest BCUT2D eigenvalue weighted by molar-refractivity contribution is 7.86. The summed E-state index contributed by atoms with van der Waals surface area (Å²) in [7, 11) is -3.41. The van der Waals surface area contributed by atoms with Crippen LogP contribution in [-0.2, 0) is 15.0 Å². The molecule has 8 nitrogen and oxygen atoms in total. The molecule has 2 N–H and O–H groups in total. The lowest BCUT2D eigenvalue weighted by Gasteiger charge is -2.36. The summed E-state index contributed by atoms with van der Waals surface area (Å²) in [5, 5.41) is 10.2. The minimum atomic E-state index is -3.41. The van der Waals surface area contributed by atoms with Gasteiger partial charge in [-0.15, -0.1) is 0 Å². The number of carbonyl (C=O) groups is 1. The summed E-state index contributed by atoms with van der Waals surface area (Å²) < 4.78 is 29.4. The van der Waals surface area contributed by atoms with Crippen molar-refractivity contribution in [1.29, 1.82) is 0 Å². The number of hydrogen-bond acceptors (Lipinski definition) is 4. The Morgan fingerprint density at radius 2 is 1.71 bits per heavy atom. The second kappa shape index (κ2) is 8.51. The van der Waals surface area contributed by atoms with E-state index in [-0.39, 0.29) is 17.7 Å². The van der Waals surface area contributed by atoms with Crippen molar-refractivity contribution in [3.05, 3.63) is 11.9 Å². The van der Waals surface area contributed by atoms with Gasteiger partial charge in [0.05, 0.1) is 17.6 Å². The number of nitrogens with one attached hydrogen (secondary N) is 2. The van der Waals surface area contributed by atoms with Gasteiger partial charge in [0.25, 0.3) is 10.2 Å². The first-order valence-corrected chi connectivity index (χ1v) is 12.0. The average Bonchev–Trinajstić information content (AvgIpc) is 3.41. The molecule has 0 bridgehead atoms. The minimum Gasteiger partial charge on any atom is -0.323 e. The molecule has 2 saturated heterocycles. The summed E-state index contributed by atoms with van der Waals surface area (Å²) in [6, 6.07) is 0. The van der Waals surface area contributed by atoms with Crippen LogP contribution in [0.4, 0.5) is 5.69 Å². The van der Waals surface area contributed by atoms with Gasteiger partial charge in [-0.05, 0) is 38.5 Å². The molecule has 1 amide bonds. The molecule has 0 radical (unpaired) electrons. The van der Waals surface area contributed by atoms with Gasteiger partial charge in [-0.1, -0.05) is 19.3 Å². The minimum absolute atomic E-state index is 0.0229. The number of H-pyrrole nitrogens is 1. The van der Waals surface area contributed by atoms with Gasteiger partial charge >= 0.3 is 0 Å². The van der Waals surface area contributed by atoms with Crippen molar-refractivity contribution in [1.82, 2.24) is 18.8 Å². The summed E-state index contributed by atoms with van der Waals surface area (Å²) in [6.07, 6.45) is 10.5. The zero-order valence-electron chi connectivity index (χ0n) is 16.4. The van der Waals surface area contributed by atoms with Crippen molar-refractivity contribution in [3.63, 3.8) is 0 Å². The molecular formula is C19H31N5O3S. The average molecular weight is 410 g/mol. The van der Waals surface area contributed by atoms with Crippen molar-refractivity contribution in [2.75, 3.05) is 31.5 Å². The number of nitrogens with zero attached hydrogens (tertiary/aromatic N) is 3. The van der Waals surface area contributed by atoms with E-state index >= 15 is 0 Å². The largest absolute Gasteiger partial charge is 0.323 e. The van der Waals surface area contributed by atoms with E-state index in [0.717, 1.165) is 63.5 Å². The Balaban J connectivity index is 1.45. The van der Waals surface area contributed by atoms with Crippen LogP contribution in [-0.4, -0.2) is 59.3 Å². The SMILES string of the molecule is O=C(Nc1cn[nH]c1[C@H]1CCCN(S(=O)(=O)N2CCCCC2)C1)C1CCCC1. The number of hydrogen-bond donors (Lipinski definition) is 2. The molecule has 2 aliphatic heterocycles. The van der Waals surface area contributed by atoms with Crippen LogP contribution < -0.4 is 5.32 Å². The summed E-state index contributed by atoms with van der Waals surface area (Å²) in [5.41, 5.74) is 1.56. The van der Waals surface area contributed by atoms with Crippen LogP contribution in [0.1, 0.15) is 69.4 Å². The Hall–Kier alpha value is -1.45. The maximum Gasteiger partial charge on any atom is 0.281 e. The zero-order valence-corrected chi connectivity index (χ0v) is 17.2. The molecule has 1 aliphatic carbocycles. The molecule has 28 heavy (non-hydrogen) atoms. The second-order valence-corrected chi connectivity index (χ2v) is 10.3. The molecule has 3 fully saturated rings. The van der Waals surface area contributed by atoms with Crippen LogP contribution in [0.5, 0.6) is 0 Å². The number of carbonyl (C=O) groups excluding carboxylic acids is 1. The van der Waals surface area contributed by atoms with Crippen LogP contribution in [0.2, 0.25) is 0 Å². The molecule has 3 aliphatic rings. The first-order chi connectivity index (χ1) is 13.6. The van der Waals surface area contributed by atoms with E-state index in [1.54, 1.807) is 14.8 Å². The molecule has 156 valence electrons. The number of amides is 1. The van der Waals surface area contributed by atoms with Gasteiger partial charge in [-0.2, -0.15) is 22.1 Å². The first-order valence-electron chi connectivity index (χ1n) is 10.6. The predicted octanol–water partition coefficient (Wildman–Crippen LogP) is 2.45. The van der Waals surface area contributed by atoms with Crippen molar-refractivity contribution >= 4 is 21.8 Å². The van der Waals surface area contributed by atoms with Crippen LogP contribution in [0.3, 0.4) is 0 Å². The summed E-state index contributed by atoms with van der Waals surface area (Å²) in [4.78, 5) is 12.5. The molecule has 1 atom stereocenters. The number of aromatic nitrogens is 2. The zero-order chi connectivity index (χ0) is 19.6. The van der Waals surface area contributed by atoms with Crippen LogP contribution in [0, 0.1) is 5.92 Å². The number of anilines is 1. The first kappa shape index (κ1) is 19.8. The smallest absolute Gasteiger partial charge is 0.281 e. The van der Waals surface area contributed by atoms with Crippen LogP contribution >= 0.6 is 0 Å². The summed E-state index contributed by atoms with van der Waals surface area (Å²) in [6.45, 7) is 2.24. The van der Waals surface area contributed by atoms with Crippen molar-refractivity contribution < 1.29 is 13.2 Å². The molecule has 1 aromatic rings. The van der Waals surface area contributed by atoms with Crippen LogP contribution in [0.25, 0.3) is 0 Å². The van der Waals surface area contributed by atoms with Gasteiger partial charge in [0, 0.05) is 38.0 Å². The van der Waals surface area contributed by atoms with Gasteiger partial charge in [0.1, 0.15) is 0 Å². The Bertz CT molecular complexity index is 781. The molecule has 0 spiro atoms. The molecule has 4 rings (SSSR count). The fourth-order valence-electron chi connectivity index (χ4n) is 4.78. The van der Waals surface area contributed by atoms with Gasteiger partial charge in [0.15, 0.2) is 0 Å². The Morgan fingerprint density at radius 3 is 2.46 bits per heavy atom. The molecule has 3 heterocycles. The highest BCUT2D eigenvalue weighted by Crippen LogP contribution is 2.33. The van der Waals surface area contributed by atoms with Crippen molar-refractivity contribution in [2.24, 2.45) is 5.92 Å². The third-order valence-corrected chi connectivity index (χ3v) is 8.41. The molecule has 1 aromatic heterocycles. The van der Waals surface area contributed by atoms with E-state index in [0.29, 0.717) is 31.9 Å². The quantitative estimate of drug-likeness (QED) is 0.780. The van der Waals surface area contributed by atoms with Gasteiger partial charge < -0.3 is 5.32 Å². The van der Waals surface area contributed by atoms with Gasteiger partial charge in [0.2, 0.25) is 5.91 Å². The maximum absolute atomic E-state index is 13.0. The molecule has 0 unspecified atom stereocenters. The lowest BCUT2D eigenvalue weighted by Crippen LogP contribution is -2.49. The molecule has 0 aromatic carbocycles. The van der Waals surface area contributed by atoms with Gasteiger partial charge in [-0.3, -0.25) is 9.89 Å². The molecule has 1 saturated carbocycles. The van der Waals surface area contributed by atoms with E-state index < -0.39 is 10.2 Å². The monoisotopic (exact) mass is 409 g/mol. The Morgan fingerprint density at radius 1 is 1.00 bits per heavy atom. The molecular weight excluding hydrogens is 378 g/mol. The number of piperidine rings is 2. The molecule has 9 heteroatoms.